The Morgan fingerprint density at radius 2 is 2.04 bits per heavy atom. The fourth-order valence-electron chi connectivity index (χ4n) is 2.91. The number of nitrogens with zero attached hydrogens (tertiary/aromatic N) is 3. The summed E-state index contributed by atoms with van der Waals surface area (Å²) in [5.41, 5.74) is 3.28. The molecule has 1 amide bonds. The van der Waals surface area contributed by atoms with E-state index in [4.69, 9.17) is 9.72 Å². The highest BCUT2D eigenvalue weighted by Gasteiger charge is 2.18. The number of carbonyl (C=O) groups excluding carboxylic acids is 1. The van der Waals surface area contributed by atoms with Crippen molar-refractivity contribution in [1.29, 1.82) is 0 Å². The standard InChI is InChI=1S/C20H25N3O2S/c1-15(2)19(24)22(11-12-25-3)10-9-17-14-26-20-21-18(13-23(17)20)16-7-5-4-6-8-16/h4-8,13-15H,9-12H2,1-3H3. The topological polar surface area (TPSA) is 46.8 Å². The number of thiazole rings is 1. The molecule has 0 N–H and O–H groups in total. The first-order chi connectivity index (χ1) is 12.6. The number of ether oxygens (including phenoxy) is 1. The number of carbonyl (C=O) groups is 1. The summed E-state index contributed by atoms with van der Waals surface area (Å²) in [4.78, 5) is 20.0. The van der Waals surface area contributed by atoms with Crippen LogP contribution in [0.5, 0.6) is 0 Å². The highest BCUT2D eigenvalue weighted by molar-refractivity contribution is 7.15. The smallest absolute Gasteiger partial charge is 0.225 e. The molecule has 0 spiro atoms. The SMILES string of the molecule is COCCN(CCc1csc2nc(-c3ccccc3)cn12)C(=O)C(C)C. The van der Waals surface area contributed by atoms with Gasteiger partial charge in [0, 0.05) is 55.4 Å². The highest BCUT2D eigenvalue weighted by atomic mass is 32.1. The third-order valence-electron chi connectivity index (χ3n) is 4.36. The average molecular weight is 372 g/mol. The van der Waals surface area contributed by atoms with Gasteiger partial charge in [0.1, 0.15) is 0 Å². The zero-order valence-electron chi connectivity index (χ0n) is 15.5. The van der Waals surface area contributed by atoms with Gasteiger partial charge in [0.25, 0.3) is 0 Å². The van der Waals surface area contributed by atoms with E-state index >= 15 is 0 Å². The zero-order chi connectivity index (χ0) is 18.5. The first-order valence-corrected chi connectivity index (χ1v) is 9.76. The number of aromatic nitrogens is 2. The Kier molecular flexibility index (Phi) is 6.06. The highest BCUT2D eigenvalue weighted by Crippen LogP contribution is 2.24. The van der Waals surface area contributed by atoms with Crippen molar-refractivity contribution in [3.63, 3.8) is 0 Å². The normalized spacial score (nSPS) is 11.4. The maximum Gasteiger partial charge on any atom is 0.225 e. The number of hydrogen-bond acceptors (Lipinski definition) is 4. The summed E-state index contributed by atoms with van der Waals surface area (Å²) in [5, 5.41) is 2.13. The largest absolute Gasteiger partial charge is 0.383 e. The van der Waals surface area contributed by atoms with Crippen LogP contribution in [0.25, 0.3) is 16.2 Å². The van der Waals surface area contributed by atoms with E-state index in [1.54, 1.807) is 18.4 Å². The molecule has 1 aromatic carbocycles. The van der Waals surface area contributed by atoms with E-state index in [9.17, 15) is 4.79 Å². The van der Waals surface area contributed by atoms with E-state index in [0.717, 1.165) is 22.6 Å². The number of methoxy groups -OCH3 is 1. The van der Waals surface area contributed by atoms with E-state index in [-0.39, 0.29) is 11.8 Å². The van der Waals surface area contributed by atoms with Crippen molar-refractivity contribution in [3.05, 3.63) is 47.6 Å². The first-order valence-electron chi connectivity index (χ1n) is 8.88. The van der Waals surface area contributed by atoms with Gasteiger partial charge in [-0.3, -0.25) is 9.20 Å². The third kappa shape index (κ3) is 4.14. The minimum Gasteiger partial charge on any atom is -0.383 e. The van der Waals surface area contributed by atoms with Crippen LogP contribution in [-0.4, -0.2) is 47.0 Å². The lowest BCUT2D eigenvalue weighted by molar-refractivity contribution is -0.135. The molecular formula is C20H25N3O2S. The van der Waals surface area contributed by atoms with Crippen LogP contribution in [0, 0.1) is 5.92 Å². The molecule has 0 unspecified atom stereocenters. The Hall–Kier alpha value is -2.18. The molecule has 2 aromatic heterocycles. The number of benzene rings is 1. The van der Waals surface area contributed by atoms with E-state index in [0.29, 0.717) is 19.7 Å². The summed E-state index contributed by atoms with van der Waals surface area (Å²) in [6, 6.07) is 10.2. The maximum atomic E-state index is 12.4. The Morgan fingerprint density at radius 1 is 1.27 bits per heavy atom. The van der Waals surface area contributed by atoms with Crippen LogP contribution in [0.3, 0.4) is 0 Å². The monoisotopic (exact) mass is 371 g/mol. The molecule has 26 heavy (non-hydrogen) atoms. The van der Waals surface area contributed by atoms with Crippen LogP contribution in [0.15, 0.2) is 41.9 Å². The Bertz CT molecular complexity index is 854. The van der Waals surface area contributed by atoms with Gasteiger partial charge in [0.2, 0.25) is 5.91 Å². The molecule has 0 fully saturated rings. The molecule has 0 aliphatic heterocycles. The van der Waals surface area contributed by atoms with Gasteiger partial charge in [0.15, 0.2) is 4.96 Å². The average Bonchev–Trinajstić information content (AvgIpc) is 3.23. The van der Waals surface area contributed by atoms with Crippen molar-refractivity contribution < 1.29 is 9.53 Å². The molecule has 0 bridgehead atoms. The number of rotatable bonds is 8. The minimum absolute atomic E-state index is 0.00715. The number of imidazole rings is 1. The second-order valence-corrected chi connectivity index (χ2v) is 7.43. The van der Waals surface area contributed by atoms with Gasteiger partial charge in [-0.2, -0.15) is 0 Å². The van der Waals surface area contributed by atoms with Crippen LogP contribution >= 0.6 is 11.3 Å². The van der Waals surface area contributed by atoms with Crippen molar-refractivity contribution >= 4 is 22.2 Å². The van der Waals surface area contributed by atoms with Gasteiger partial charge < -0.3 is 9.64 Å². The molecule has 0 saturated carbocycles. The van der Waals surface area contributed by atoms with Crippen molar-refractivity contribution in [3.8, 4) is 11.3 Å². The molecule has 3 aromatic rings. The second-order valence-electron chi connectivity index (χ2n) is 6.59. The first kappa shape index (κ1) is 18.6. The number of amides is 1. The summed E-state index contributed by atoms with van der Waals surface area (Å²) in [7, 11) is 1.66. The molecule has 5 nitrogen and oxygen atoms in total. The van der Waals surface area contributed by atoms with Gasteiger partial charge >= 0.3 is 0 Å². The molecule has 0 radical (unpaired) electrons. The molecule has 3 rings (SSSR count). The Balaban J connectivity index is 1.75. The number of hydrogen-bond donors (Lipinski definition) is 0. The van der Waals surface area contributed by atoms with Gasteiger partial charge in [-0.05, 0) is 0 Å². The van der Waals surface area contributed by atoms with Crippen LogP contribution in [0.4, 0.5) is 0 Å². The fourth-order valence-corrected chi connectivity index (χ4v) is 3.81. The Labute approximate surface area is 158 Å². The summed E-state index contributed by atoms with van der Waals surface area (Å²) < 4.78 is 7.30. The Morgan fingerprint density at radius 3 is 2.73 bits per heavy atom. The summed E-state index contributed by atoms with van der Waals surface area (Å²) >= 11 is 1.64. The zero-order valence-corrected chi connectivity index (χ0v) is 16.3. The van der Waals surface area contributed by atoms with Gasteiger partial charge in [-0.1, -0.05) is 44.2 Å². The van der Waals surface area contributed by atoms with Crippen molar-refractivity contribution in [2.24, 2.45) is 5.92 Å². The molecule has 0 aliphatic rings. The van der Waals surface area contributed by atoms with Crippen LogP contribution in [-0.2, 0) is 16.0 Å². The molecule has 6 heteroatoms. The quantitative estimate of drug-likeness (QED) is 0.606. The van der Waals surface area contributed by atoms with Crippen molar-refractivity contribution in [2.75, 3.05) is 26.8 Å². The lowest BCUT2D eigenvalue weighted by Gasteiger charge is -2.24. The van der Waals surface area contributed by atoms with Crippen molar-refractivity contribution in [2.45, 2.75) is 20.3 Å². The number of fused-ring (bicyclic) bond motifs is 1. The second kappa shape index (κ2) is 8.47. The third-order valence-corrected chi connectivity index (χ3v) is 5.25. The molecule has 0 saturated heterocycles. The maximum absolute atomic E-state index is 12.4. The molecule has 0 atom stereocenters. The van der Waals surface area contributed by atoms with Gasteiger partial charge in [0.05, 0.1) is 12.3 Å². The predicted octanol–water partition coefficient (Wildman–Crippen LogP) is 3.74. The minimum atomic E-state index is -0.00715. The van der Waals surface area contributed by atoms with Crippen LogP contribution < -0.4 is 0 Å². The van der Waals surface area contributed by atoms with Gasteiger partial charge in [-0.15, -0.1) is 11.3 Å². The molecule has 2 heterocycles. The fraction of sp³-hybridized carbons (Fsp3) is 0.400. The summed E-state index contributed by atoms with van der Waals surface area (Å²) in [6.45, 7) is 5.74. The van der Waals surface area contributed by atoms with Crippen LogP contribution in [0.2, 0.25) is 0 Å². The van der Waals surface area contributed by atoms with Gasteiger partial charge in [-0.25, -0.2) is 4.98 Å². The molecule has 0 aliphatic carbocycles. The molecule has 138 valence electrons. The van der Waals surface area contributed by atoms with Crippen molar-refractivity contribution in [1.82, 2.24) is 14.3 Å². The lowest BCUT2D eigenvalue weighted by atomic mass is 10.1. The van der Waals surface area contributed by atoms with E-state index in [1.165, 1.54) is 5.69 Å². The van der Waals surface area contributed by atoms with Crippen LogP contribution in [0.1, 0.15) is 19.5 Å². The van der Waals surface area contributed by atoms with E-state index in [1.807, 2.05) is 36.9 Å². The van der Waals surface area contributed by atoms with E-state index < -0.39 is 0 Å². The summed E-state index contributed by atoms with van der Waals surface area (Å²) in [5.74, 6) is 0.163. The molecular weight excluding hydrogens is 346 g/mol. The predicted molar refractivity (Wildman–Crippen MR) is 106 cm³/mol. The lowest BCUT2D eigenvalue weighted by Crippen LogP contribution is -2.38. The summed E-state index contributed by atoms with van der Waals surface area (Å²) in [6.07, 6.45) is 2.88. The van der Waals surface area contributed by atoms with E-state index in [2.05, 4.69) is 28.1 Å².